The SMILES string of the molecule is CCOC1CCN(C(=O)OC(C)(C)C)C(=C=O)C1. The lowest BCUT2D eigenvalue weighted by Crippen LogP contribution is -2.42. The molecule has 1 saturated heterocycles. The van der Waals surface area contributed by atoms with E-state index in [1.54, 1.807) is 20.8 Å². The van der Waals surface area contributed by atoms with Gasteiger partial charge in [-0.1, -0.05) is 0 Å². The van der Waals surface area contributed by atoms with Crippen molar-refractivity contribution < 1.29 is 19.1 Å². The molecule has 1 fully saturated rings. The molecule has 1 aliphatic rings. The fourth-order valence-corrected chi connectivity index (χ4v) is 1.83. The van der Waals surface area contributed by atoms with E-state index < -0.39 is 11.7 Å². The number of likely N-dealkylation sites (tertiary alicyclic amines) is 1. The molecule has 1 amide bonds. The molecule has 0 spiro atoms. The average Bonchev–Trinajstić information content (AvgIpc) is 2.27. The van der Waals surface area contributed by atoms with Crippen LogP contribution in [0.1, 0.15) is 40.5 Å². The molecular formula is C13H21NO4. The lowest BCUT2D eigenvalue weighted by Gasteiger charge is -2.33. The van der Waals surface area contributed by atoms with Gasteiger partial charge in [0.2, 0.25) is 0 Å². The summed E-state index contributed by atoms with van der Waals surface area (Å²) < 4.78 is 10.7. The minimum Gasteiger partial charge on any atom is -0.443 e. The lowest BCUT2D eigenvalue weighted by molar-refractivity contribution is 0.00632. The van der Waals surface area contributed by atoms with E-state index in [4.69, 9.17) is 9.47 Å². The Morgan fingerprint density at radius 1 is 1.50 bits per heavy atom. The first-order chi connectivity index (χ1) is 8.37. The quantitative estimate of drug-likeness (QED) is 0.709. The first-order valence-electron chi connectivity index (χ1n) is 6.23. The fourth-order valence-electron chi connectivity index (χ4n) is 1.83. The highest BCUT2D eigenvalue weighted by Gasteiger charge is 2.31. The largest absolute Gasteiger partial charge is 0.443 e. The second kappa shape index (κ2) is 6.03. The van der Waals surface area contributed by atoms with Crippen molar-refractivity contribution in [3.8, 4) is 0 Å². The zero-order chi connectivity index (χ0) is 13.8. The van der Waals surface area contributed by atoms with Gasteiger partial charge in [-0.2, -0.15) is 0 Å². The van der Waals surface area contributed by atoms with Crippen LogP contribution in [-0.2, 0) is 14.3 Å². The smallest absolute Gasteiger partial charge is 0.415 e. The van der Waals surface area contributed by atoms with Crippen LogP contribution in [-0.4, -0.2) is 41.8 Å². The number of rotatable bonds is 2. The highest BCUT2D eigenvalue weighted by molar-refractivity contribution is 5.74. The van der Waals surface area contributed by atoms with E-state index in [1.807, 2.05) is 12.9 Å². The summed E-state index contributed by atoms with van der Waals surface area (Å²) in [5, 5.41) is 0. The van der Waals surface area contributed by atoms with Gasteiger partial charge in [-0.25, -0.2) is 9.59 Å². The highest BCUT2D eigenvalue weighted by Crippen LogP contribution is 2.23. The predicted octanol–water partition coefficient (Wildman–Crippen LogP) is 2.14. The summed E-state index contributed by atoms with van der Waals surface area (Å²) in [4.78, 5) is 24.2. The van der Waals surface area contributed by atoms with Gasteiger partial charge in [0.1, 0.15) is 17.2 Å². The van der Waals surface area contributed by atoms with Crippen LogP contribution >= 0.6 is 0 Å². The van der Waals surface area contributed by atoms with Crippen molar-refractivity contribution in [2.75, 3.05) is 13.2 Å². The third kappa shape index (κ3) is 4.17. The van der Waals surface area contributed by atoms with Crippen molar-refractivity contribution in [1.29, 1.82) is 0 Å². The maximum Gasteiger partial charge on any atom is 0.415 e. The Morgan fingerprint density at radius 2 is 2.17 bits per heavy atom. The Morgan fingerprint density at radius 3 is 2.67 bits per heavy atom. The molecule has 5 heteroatoms. The molecule has 1 heterocycles. The summed E-state index contributed by atoms with van der Waals surface area (Å²) in [5.41, 5.74) is -0.254. The molecule has 1 unspecified atom stereocenters. The van der Waals surface area contributed by atoms with Crippen LogP contribution in [0.4, 0.5) is 4.79 Å². The summed E-state index contributed by atoms with van der Waals surface area (Å²) in [6.07, 6.45) is 0.621. The van der Waals surface area contributed by atoms with Crippen molar-refractivity contribution >= 4 is 12.0 Å². The molecule has 1 aliphatic heterocycles. The highest BCUT2D eigenvalue weighted by atomic mass is 16.6. The third-order valence-corrected chi connectivity index (χ3v) is 2.56. The fraction of sp³-hybridized carbons (Fsp3) is 0.769. The maximum atomic E-state index is 11.9. The molecule has 0 bridgehead atoms. The monoisotopic (exact) mass is 255 g/mol. The molecule has 102 valence electrons. The molecular weight excluding hydrogens is 234 g/mol. The molecule has 0 aromatic rings. The number of nitrogens with zero attached hydrogens (tertiary/aromatic N) is 1. The van der Waals surface area contributed by atoms with E-state index in [0.29, 0.717) is 31.7 Å². The first kappa shape index (κ1) is 14.7. The Labute approximate surface area is 108 Å². The van der Waals surface area contributed by atoms with Gasteiger partial charge in [0.15, 0.2) is 0 Å². The lowest BCUT2D eigenvalue weighted by atomic mass is 10.1. The Hall–Kier alpha value is -1.32. The Balaban J connectivity index is 2.68. The first-order valence-corrected chi connectivity index (χ1v) is 6.23. The van der Waals surface area contributed by atoms with Crippen LogP contribution in [0.15, 0.2) is 5.70 Å². The van der Waals surface area contributed by atoms with Crippen molar-refractivity contribution in [1.82, 2.24) is 4.90 Å². The van der Waals surface area contributed by atoms with E-state index in [-0.39, 0.29) is 6.10 Å². The van der Waals surface area contributed by atoms with Crippen molar-refractivity contribution in [2.24, 2.45) is 0 Å². The summed E-state index contributed by atoms with van der Waals surface area (Å²) in [6.45, 7) is 8.32. The van der Waals surface area contributed by atoms with Gasteiger partial charge in [0, 0.05) is 19.6 Å². The van der Waals surface area contributed by atoms with Crippen LogP contribution in [0, 0.1) is 0 Å². The molecule has 0 aliphatic carbocycles. The number of hydrogen-bond donors (Lipinski definition) is 0. The molecule has 0 aromatic carbocycles. The summed E-state index contributed by atoms with van der Waals surface area (Å²) >= 11 is 0. The van der Waals surface area contributed by atoms with Crippen molar-refractivity contribution in [2.45, 2.75) is 52.2 Å². The second-order valence-electron chi connectivity index (χ2n) is 5.25. The minimum atomic E-state index is -0.568. The third-order valence-electron chi connectivity index (χ3n) is 2.56. The van der Waals surface area contributed by atoms with E-state index in [9.17, 15) is 9.59 Å². The van der Waals surface area contributed by atoms with Crippen LogP contribution in [0.2, 0.25) is 0 Å². The minimum absolute atomic E-state index is 0.00913. The zero-order valence-corrected chi connectivity index (χ0v) is 11.5. The van der Waals surface area contributed by atoms with E-state index in [2.05, 4.69) is 0 Å². The summed E-state index contributed by atoms with van der Waals surface area (Å²) in [7, 11) is 0. The maximum absolute atomic E-state index is 11.9. The van der Waals surface area contributed by atoms with Gasteiger partial charge in [0.25, 0.3) is 0 Å². The molecule has 0 aromatic heterocycles. The summed E-state index contributed by atoms with van der Waals surface area (Å²) in [6, 6.07) is 0. The molecule has 0 N–H and O–H groups in total. The van der Waals surface area contributed by atoms with Gasteiger partial charge >= 0.3 is 6.09 Å². The molecule has 18 heavy (non-hydrogen) atoms. The topological polar surface area (TPSA) is 55.8 Å². The number of piperidine rings is 1. The molecule has 5 nitrogen and oxygen atoms in total. The molecule has 0 radical (unpaired) electrons. The number of amides is 1. The van der Waals surface area contributed by atoms with Gasteiger partial charge in [-0.15, -0.1) is 0 Å². The van der Waals surface area contributed by atoms with Crippen LogP contribution in [0.3, 0.4) is 0 Å². The van der Waals surface area contributed by atoms with Crippen LogP contribution in [0.5, 0.6) is 0 Å². The molecule has 1 atom stereocenters. The van der Waals surface area contributed by atoms with Crippen molar-refractivity contribution in [3.63, 3.8) is 0 Å². The standard InChI is InChI=1S/C13H21NO4/c1-5-17-11-6-7-14(10(8-11)9-15)12(16)18-13(2,3)4/h11H,5-8H2,1-4H3. The predicted molar refractivity (Wildman–Crippen MR) is 66.8 cm³/mol. The summed E-state index contributed by atoms with van der Waals surface area (Å²) in [5.74, 6) is 1.82. The number of ether oxygens (including phenoxy) is 2. The van der Waals surface area contributed by atoms with E-state index in [1.165, 1.54) is 4.90 Å². The van der Waals surface area contributed by atoms with E-state index >= 15 is 0 Å². The normalized spacial score (nSPS) is 20.6. The average molecular weight is 255 g/mol. The Kier molecular flexibility index (Phi) is 4.93. The number of carbonyl (C=O) groups excluding carboxylic acids is 2. The Bertz CT molecular complexity index is 352. The zero-order valence-electron chi connectivity index (χ0n) is 11.5. The number of hydrogen-bond acceptors (Lipinski definition) is 4. The van der Waals surface area contributed by atoms with Crippen LogP contribution in [0.25, 0.3) is 0 Å². The number of carbonyl (C=O) groups is 1. The van der Waals surface area contributed by atoms with Crippen molar-refractivity contribution in [3.05, 3.63) is 5.70 Å². The molecule has 1 rings (SSSR count). The van der Waals surface area contributed by atoms with Gasteiger partial charge in [-0.3, -0.25) is 4.90 Å². The van der Waals surface area contributed by atoms with Crippen LogP contribution < -0.4 is 0 Å². The second-order valence-corrected chi connectivity index (χ2v) is 5.25. The van der Waals surface area contributed by atoms with E-state index in [0.717, 1.165) is 0 Å². The van der Waals surface area contributed by atoms with Gasteiger partial charge < -0.3 is 9.47 Å². The van der Waals surface area contributed by atoms with Gasteiger partial charge in [0.05, 0.1) is 6.10 Å². The van der Waals surface area contributed by atoms with Gasteiger partial charge in [-0.05, 0) is 34.1 Å². The molecule has 0 saturated carbocycles.